The molecule has 2 rings (SSSR count). The number of benzene rings is 2. The number of hydrogen-bond acceptors (Lipinski definition) is 7. The third-order valence-electron chi connectivity index (χ3n) is 6.22. The number of nitrogens with one attached hydrogen (secondary N) is 3. The molecule has 0 saturated heterocycles. The van der Waals surface area contributed by atoms with Crippen LogP contribution in [0.15, 0.2) is 86.0 Å². The zero-order valence-electron chi connectivity index (χ0n) is 24.0. The van der Waals surface area contributed by atoms with E-state index in [-0.39, 0.29) is 45.0 Å². The van der Waals surface area contributed by atoms with Crippen LogP contribution in [0.1, 0.15) is 37.3 Å². The molecule has 3 amide bonds. The lowest BCUT2D eigenvalue weighted by atomic mass is 9.98. The van der Waals surface area contributed by atoms with Gasteiger partial charge in [-0.2, -0.15) is 0 Å². The van der Waals surface area contributed by atoms with Gasteiger partial charge in [0.15, 0.2) is 0 Å². The summed E-state index contributed by atoms with van der Waals surface area (Å²) in [5, 5.41) is 17.3. The molecule has 0 aliphatic heterocycles. The number of carbonyl (C=O) groups is 4. The molecular weight excluding hydrogens is 538 g/mol. The van der Waals surface area contributed by atoms with Gasteiger partial charge in [0.05, 0.1) is 18.6 Å². The fourth-order valence-electron chi connectivity index (χ4n) is 4.03. The Labute approximate surface area is 247 Å². The predicted molar refractivity (Wildman–Crippen MR) is 159 cm³/mol. The topological polar surface area (TPSA) is 143 Å². The fourth-order valence-corrected chi connectivity index (χ4v) is 4.03. The number of rotatable bonds is 18. The smallest absolute Gasteiger partial charge is 0.408 e. The van der Waals surface area contributed by atoms with E-state index >= 15 is 0 Å². The largest absolute Gasteiger partial charge is 0.462 e. The molecule has 0 spiro atoms. The van der Waals surface area contributed by atoms with Crippen molar-refractivity contribution in [2.45, 2.75) is 57.3 Å². The van der Waals surface area contributed by atoms with Gasteiger partial charge in [-0.3, -0.25) is 9.59 Å². The van der Waals surface area contributed by atoms with Gasteiger partial charge >= 0.3 is 12.1 Å². The standard InChI is InChI=1S/C32H41N3O7/c1-4-12-26(19-29(37)33-23(3)20-36)30(38)34-27(18-24-14-8-6-9-15-24)22-41-31(39)28(13-5-2)35-32(40)42-21-25-16-10-7-11-17-25/h4-11,14-17,23,26-28,36H,1-2,12-13,18-22H2,3H3,(H,33,37)(H,34,38)(H,35,40). The summed E-state index contributed by atoms with van der Waals surface area (Å²) in [5.74, 6) is -2.19. The Kier molecular flexibility index (Phi) is 15.1. The lowest BCUT2D eigenvalue weighted by molar-refractivity contribution is -0.147. The summed E-state index contributed by atoms with van der Waals surface area (Å²) in [6.45, 7) is 8.63. The summed E-state index contributed by atoms with van der Waals surface area (Å²) >= 11 is 0. The molecule has 2 aromatic rings. The number of carbonyl (C=O) groups excluding carboxylic acids is 4. The van der Waals surface area contributed by atoms with E-state index in [1.165, 1.54) is 6.08 Å². The molecule has 10 heteroatoms. The van der Waals surface area contributed by atoms with Crippen LogP contribution in [0.25, 0.3) is 0 Å². The van der Waals surface area contributed by atoms with E-state index in [2.05, 4.69) is 29.1 Å². The van der Waals surface area contributed by atoms with Gasteiger partial charge in [-0.05, 0) is 37.3 Å². The number of alkyl carbamates (subject to hydrolysis) is 1. The molecule has 0 heterocycles. The first-order valence-electron chi connectivity index (χ1n) is 13.9. The Hall–Kier alpha value is -4.44. The second-order valence-corrected chi connectivity index (χ2v) is 9.88. The zero-order chi connectivity index (χ0) is 30.7. The number of esters is 1. The highest BCUT2D eigenvalue weighted by atomic mass is 16.6. The van der Waals surface area contributed by atoms with Crippen molar-refractivity contribution >= 4 is 23.9 Å². The highest BCUT2D eigenvalue weighted by molar-refractivity contribution is 5.86. The Balaban J connectivity index is 2.05. The van der Waals surface area contributed by atoms with Gasteiger partial charge in [-0.15, -0.1) is 13.2 Å². The number of amides is 3. The lowest BCUT2D eigenvalue weighted by Gasteiger charge is -2.24. The summed E-state index contributed by atoms with van der Waals surface area (Å²) in [4.78, 5) is 50.9. The molecular formula is C32H41N3O7. The van der Waals surface area contributed by atoms with Crippen LogP contribution in [0.4, 0.5) is 4.79 Å². The molecule has 2 aromatic carbocycles. The lowest BCUT2D eigenvalue weighted by Crippen LogP contribution is -2.47. The van der Waals surface area contributed by atoms with Crippen molar-refractivity contribution in [1.29, 1.82) is 0 Å². The minimum Gasteiger partial charge on any atom is -0.462 e. The molecule has 0 aromatic heterocycles. The van der Waals surface area contributed by atoms with Gasteiger partial charge in [0, 0.05) is 12.5 Å². The van der Waals surface area contributed by atoms with Crippen LogP contribution in [-0.4, -0.2) is 60.3 Å². The average Bonchev–Trinajstić information content (AvgIpc) is 2.99. The SMILES string of the molecule is C=CCC(CC(=O)NC(C)CO)C(=O)NC(COC(=O)C(CC=C)NC(=O)OCc1ccccc1)Cc1ccccc1. The summed E-state index contributed by atoms with van der Waals surface area (Å²) in [6, 6.07) is 16.4. The fraction of sp³-hybridized carbons (Fsp3) is 0.375. The second kappa shape index (κ2) is 18.8. The molecule has 0 aliphatic rings. The molecule has 4 N–H and O–H groups in total. The van der Waals surface area contributed by atoms with E-state index in [9.17, 15) is 24.3 Å². The summed E-state index contributed by atoms with van der Waals surface area (Å²) in [7, 11) is 0. The Morgan fingerprint density at radius 2 is 1.48 bits per heavy atom. The van der Waals surface area contributed by atoms with Crippen LogP contribution < -0.4 is 16.0 Å². The number of ether oxygens (including phenoxy) is 2. The monoisotopic (exact) mass is 579 g/mol. The molecule has 226 valence electrons. The Morgan fingerprint density at radius 1 is 0.857 bits per heavy atom. The van der Waals surface area contributed by atoms with Crippen LogP contribution in [0.2, 0.25) is 0 Å². The maximum absolute atomic E-state index is 13.2. The molecule has 42 heavy (non-hydrogen) atoms. The first kappa shape index (κ1) is 33.8. The highest BCUT2D eigenvalue weighted by Crippen LogP contribution is 2.13. The third-order valence-corrected chi connectivity index (χ3v) is 6.22. The van der Waals surface area contributed by atoms with Crippen LogP contribution in [0.5, 0.6) is 0 Å². The van der Waals surface area contributed by atoms with Crippen LogP contribution >= 0.6 is 0 Å². The molecule has 4 unspecified atom stereocenters. The zero-order valence-corrected chi connectivity index (χ0v) is 24.0. The quantitative estimate of drug-likeness (QED) is 0.157. The first-order valence-corrected chi connectivity index (χ1v) is 13.9. The van der Waals surface area contributed by atoms with Crippen molar-refractivity contribution in [3.05, 3.63) is 97.1 Å². The molecule has 4 atom stereocenters. The maximum atomic E-state index is 13.2. The van der Waals surface area contributed by atoms with Gasteiger partial charge in [-0.1, -0.05) is 72.8 Å². The van der Waals surface area contributed by atoms with E-state index in [0.29, 0.717) is 6.42 Å². The van der Waals surface area contributed by atoms with Crippen molar-refractivity contribution < 1.29 is 33.8 Å². The van der Waals surface area contributed by atoms with Gasteiger partial charge in [-0.25, -0.2) is 9.59 Å². The van der Waals surface area contributed by atoms with Gasteiger partial charge in [0.25, 0.3) is 0 Å². The molecule has 0 radical (unpaired) electrons. The van der Waals surface area contributed by atoms with Gasteiger partial charge in [0.1, 0.15) is 19.3 Å². The second-order valence-electron chi connectivity index (χ2n) is 9.88. The van der Waals surface area contributed by atoms with E-state index in [4.69, 9.17) is 9.47 Å². The Morgan fingerprint density at radius 3 is 2.07 bits per heavy atom. The minimum atomic E-state index is -1.04. The summed E-state index contributed by atoms with van der Waals surface area (Å²) in [5.41, 5.74) is 1.70. The molecule has 10 nitrogen and oxygen atoms in total. The van der Waals surface area contributed by atoms with E-state index in [1.54, 1.807) is 13.0 Å². The number of allylic oxidation sites excluding steroid dienone is 1. The number of aliphatic hydroxyl groups is 1. The number of aliphatic hydroxyl groups excluding tert-OH is 1. The van der Waals surface area contributed by atoms with Crippen molar-refractivity contribution in [3.63, 3.8) is 0 Å². The minimum absolute atomic E-state index is 0.0382. The predicted octanol–water partition coefficient (Wildman–Crippen LogP) is 3.21. The van der Waals surface area contributed by atoms with Crippen LogP contribution in [-0.2, 0) is 36.9 Å². The van der Waals surface area contributed by atoms with E-state index < -0.39 is 42.0 Å². The molecule has 0 bridgehead atoms. The van der Waals surface area contributed by atoms with Crippen LogP contribution in [0.3, 0.4) is 0 Å². The maximum Gasteiger partial charge on any atom is 0.408 e. The molecule has 0 saturated carbocycles. The summed E-state index contributed by atoms with van der Waals surface area (Å²) in [6.07, 6.45) is 2.87. The van der Waals surface area contributed by atoms with Crippen LogP contribution in [0, 0.1) is 5.92 Å². The van der Waals surface area contributed by atoms with E-state index in [1.807, 2.05) is 60.7 Å². The van der Waals surface area contributed by atoms with Crippen molar-refractivity contribution in [1.82, 2.24) is 16.0 Å². The van der Waals surface area contributed by atoms with Crippen molar-refractivity contribution in [2.75, 3.05) is 13.2 Å². The summed E-state index contributed by atoms with van der Waals surface area (Å²) < 4.78 is 10.8. The van der Waals surface area contributed by atoms with Gasteiger partial charge in [0.2, 0.25) is 11.8 Å². The van der Waals surface area contributed by atoms with E-state index in [0.717, 1.165) is 11.1 Å². The Bertz CT molecular complexity index is 1160. The number of hydrogen-bond donors (Lipinski definition) is 4. The van der Waals surface area contributed by atoms with Gasteiger partial charge < -0.3 is 30.5 Å². The molecule has 0 fully saturated rings. The highest BCUT2D eigenvalue weighted by Gasteiger charge is 2.27. The first-order chi connectivity index (χ1) is 20.2. The van der Waals surface area contributed by atoms with Crippen molar-refractivity contribution in [3.8, 4) is 0 Å². The third kappa shape index (κ3) is 12.8. The van der Waals surface area contributed by atoms with Crippen molar-refractivity contribution in [2.24, 2.45) is 5.92 Å². The molecule has 0 aliphatic carbocycles. The average molecular weight is 580 g/mol. The normalized spacial score (nSPS) is 13.4.